The van der Waals surface area contributed by atoms with Crippen molar-refractivity contribution in [2.24, 2.45) is 35.5 Å². The minimum atomic E-state index is 1.19. The van der Waals surface area contributed by atoms with Gasteiger partial charge in [0.25, 0.3) is 0 Å². The number of rotatable bonds is 0. The topological polar surface area (TPSA) is 0 Å². The summed E-state index contributed by atoms with van der Waals surface area (Å²) in [6, 6.07) is 0. The molecular weight excluding hydrogens is 180 g/mol. The second-order valence-corrected chi connectivity index (χ2v) is 6.79. The SMILES string of the molecule is C1CCC2C(C1)C1CCCCC1C1CC21. The zero-order valence-electron chi connectivity index (χ0n) is 9.83. The summed E-state index contributed by atoms with van der Waals surface area (Å²) in [6.45, 7) is 0. The Bertz CT molecular complexity index is 231. The smallest absolute Gasteiger partial charge is 0.0349 e. The van der Waals surface area contributed by atoms with Gasteiger partial charge in [0.05, 0.1) is 0 Å². The summed E-state index contributed by atoms with van der Waals surface area (Å²) in [5, 5.41) is 0. The molecule has 4 aliphatic carbocycles. The van der Waals surface area contributed by atoms with Crippen LogP contribution in [0.5, 0.6) is 0 Å². The van der Waals surface area contributed by atoms with Gasteiger partial charge in [-0.2, -0.15) is 0 Å². The largest absolute Gasteiger partial charge is 0.0530 e. The van der Waals surface area contributed by atoms with Gasteiger partial charge in [-0.1, -0.05) is 25.7 Å². The summed E-state index contributed by atoms with van der Waals surface area (Å²) >= 11 is 0. The first kappa shape index (κ1) is 9.07. The van der Waals surface area contributed by atoms with E-state index in [0.717, 1.165) is 0 Å². The van der Waals surface area contributed by atoms with Crippen LogP contribution in [0.4, 0.5) is 0 Å². The monoisotopic (exact) mass is 204 g/mol. The predicted molar refractivity (Wildman–Crippen MR) is 62.5 cm³/mol. The number of hydrogen-bond acceptors (Lipinski definition) is 0. The van der Waals surface area contributed by atoms with Gasteiger partial charge in [-0.15, -0.1) is 0 Å². The lowest BCUT2D eigenvalue weighted by Gasteiger charge is -2.47. The van der Waals surface area contributed by atoms with E-state index in [0.29, 0.717) is 0 Å². The molecule has 4 fully saturated rings. The fraction of sp³-hybridized carbons (Fsp3) is 1.00. The van der Waals surface area contributed by atoms with E-state index in [9.17, 15) is 0 Å². The van der Waals surface area contributed by atoms with Crippen molar-refractivity contribution >= 4 is 0 Å². The van der Waals surface area contributed by atoms with Crippen LogP contribution < -0.4 is 0 Å². The lowest BCUT2D eigenvalue weighted by molar-refractivity contribution is 0.0191. The molecule has 4 rings (SSSR count). The third-order valence-corrected chi connectivity index (χ3v) is 6.29. The molecule has 0 heterocycles. The third kappa shape index (κ3) is 1.26. The van der Waals surface area contributed by atoms with Crippen LogP contribution in [0, 0.1) is 35.5 Å². The Morgan fingerprint density at radius 3 is 1.13 bits per heavy atom. The molecule has 0 nitrogen and oxygen atoms in total. The van der Waals surface area contributed by atoms with Crippen LogP contribution in [0.3, 0.4) is 0 Å². The van der Waals surface area contributed by atoms with Gasteiger partial charge in [-0.25, -0.2) is 0 Å². The van der Waals surface area contributed by atoms with Gasteiger partial charge in [0.1, 0.15) is 0 Å². The quantitative estimate of drug-likeness (QED) is 0.553. The van der Waals surface area contributed by atoms with Gasteiger partial charge >= 0.3 is 0 Å². The first-order valence-electron chi connectivity index (χ1n) is 7.45. The van der Waals surface area contributed by atoms with Gasteiger partial charge in [-0.3, -0.25) is 0 Å². The van der Waals surface area contributed by atoms with Crippen LogP contribution in [0.15, 0.2) is 0 Å². The Kier molecular flexibility index (Phi) is 1.96. The molecule has 0 saturated heterocycles. The summed E-state index contributed by atoms with van der Waals surface area (Å²) < 4.78 is 0. The minimum absolute atomic E-state index is 1.19. The molecule has 0 aromatic heterocycles. The van der Waals surface area contributed by atoms with Crippen LogP contribution in [-0.2, 0) is 0 Å². The van der Waals surface area contributed by atoms with E-state index in [1.165, 1.54) is 35.5 Å². The molecule has 0 spiro atoms. The van der Waals surface area contributed by atoms with E-state index in [4.69, 9.17) is 0 Å². The molecule has 4 aliphatic rings. The van der Waals surface area contributed by atoms with Gasteiger partial charge in [0, 0.05) is 0 Å². The van der Waals surface area contributed by atoms with E-state index in [1.54, 1.807) is 57.8 Å². The maximum atomic E-state index is 1.64. The van der Waals surface area contributed by atoms with Gasteiger partial charge < -0.3 is 0 Å². The maximum Gasteiger partial charge on any atom is -0.0349 e. The lowest BCUT2D eigenvalue weighted by atomic mass is 9.58. The Hall–Kier alpha value is 0. The molecule has 0 N–H and O–H groups in total. The molecular formula is C15H24. The Morgan fingerprint density at radius 2 is 0.733 bits per heavy atom. The highest BCUT2D eigenvalue weighted by Crippen LogP contribution is 2.65. The van der Waals surface area contributed by atoms with Gasteiger partial charge in [0.2, 0.25) is 0 Å². The van der Waals surface area contributed by atoms with Crippen molar-refractivity contribution in [2.45, 2.75) is 57.8 Å². The van der Waals surface area contributed by atoms with E-state index in [1.807, 2.05) is 0 Å². The molecule has 0 bridgehead atoms. The average Bonchev–Trinajstić information content (AvgIpc) is 3.10. The second kappa shape index (κ2) is 3.25. The molecule has 0 aromatic rings. The van der Waals surface area contributed by atoms with Gasteiger partial charge in [-0.05, 0) is 67.6 Å². The Labute approximate surface area is 93.8 Å². The average molecular weight is 204 g/mol. The van der Waals surface area contributed by atoms with Crippen molar-refractivity contribution < 1.29 is 0 Å². The highest BCUT2D eigenvalue weighted by atomic mass is 14.6. The van der Waals surface area contributed by atoms with Crippen LogP contribution in [0.25, 0.3) is 0 Å². The first-order chi connectivity index (χ1) is 7.45. The van der Waals surface area contributed by atoms with Crippen molar-refractivity contribution in [3.05, 3.63) is 0 Å². The van der Waals surface area contributed by atoms with E-state index in [-0.39, 0.29) is 0 Å². The highest BCUT2D eigenvalue weighted by Gasteiger charge is 2.58. The summed E-state index contributed by atoms with van der Waals surface area (Å²) in [5.74, 6) is 7.20. The fourth-order valence-electron chi connectivity index (χ4n) is 5.72. The second-order valence-electron chi connectivity index (χ2n) is 6.79. The van der Waals surface area contributed by atoms with Crippen molar-refractivity contribution in [3.8, 4) is 0 Å². The van der Waals surface area contributed by atoms with E-state index in [2.05, 4.69) is 0 Å². The number of hydrogen-bond donors (Lipinski definition) is 0. The first-order valence-corrected chi connectivity index (χ1v) is 7.45. The van der Waals surface area contributed by atoms with Crippen molar-refractivity contribution in [3.63, 3.8) is 0 Å². The normalized spacial score (nSPS) is 57.6. The van der Waals surface area contributed by atoms with E-state index >= 15 is 0 Å². The fourth-order valence-corrected chi connectivity index (χ4v) is 5.72. The molecule has 0 amide bonds. The zero-order chi connectivity index (χ0) is 9.83. The van der Waals surface area contributed by atoms with Crippen molar-refractivity contribution in [2.75, 3.05) is 0 Å². The lowest BCUT2D eigenvalue weighted by Crippen LogP contribution is -2.39. The highest BCUT2D eigenvalue weighted by molar-refractivity contribution is 5.07. The summed E-state index contributed by atoms with van der Waals surface area (Å²) in [7, 11) is 0. The third-order valence-electron chi connectivity index (χ3n) is 6.29. The maximum absolute atomic E-state index is 1.64. The Balaban J connectivity index is 1.63. The van der Waals surface area contributed by atoms with Crippen LogP contribution in [0.2, 0.25) is 0 Å². The van der Waals surface area contributed by atoms with Crippen molar-refractivity contribution in [1.82, 2.24) is 0 Å². The molecule has 6 unspecified atom stereocenters. The van der Waals surface area contributed by atoms with Crippen molar-refractivity contribution in [1.29, 1.82) is 0 Å². The van der Waals surface area contributed by atoms with Gasteiger partial charge in [0.15, 0.2) is 0 Å². The molecule has 0 aliphatic heterocycles. The van der Waals surface area contributed by atoms with Crippen LogP contribution in [0.1, 0.15) is 57.8 Å². The standard InChI is InChI=1S/C15H24/c1-3-7-12-10(5-1)11-6-2-4-8-13(11)15-9-14(12)15/h10-15H,1-9H2. The molecule has 0 aromatic carbocycles. The predicted octanol–water partition coefficient (Wildman–Crippen LogP) is 4.25. The molecule has 0 heteroatoms. The zero-order valence-corrected chi connectivity index (χ0v) is 9.83. The number of fused-ring (bicyclic) bond motifs is 6. The summed E-state index contributed by atoms with van der Waals surface area (Å²) in [4.78, 5) is 0. The molecule has 6 atom stereocenters. The van der Waals surface area contributed by atoms with Crippen LogP contribution in [-0.4, -0.2) is 0 Å². The summed E-state index contributed by atoms with van der Waals surface area (Å²) in [6.07, 6.45) is 14.3. The summed E-state index contributed by atoms with van der Waals surface area (Å²) in [5.41, 5.74) is 0. The molecule has 0 radical (unpaired) electrons. The molecule has 15 heavy (non-hydrogen) atoms. The molecule has 84 valence electrons. The molecule has 4 saturated carbocycles. The van der Waals surface area contributed by atoms with E-state index < -0.39 is 0 Å². The minimum Gasteiger partial charge on any atom is -0.0530 e. The van der Waals surface area contributed by atoms with Crippen LogP contribution >= 0.6 is 0 Å². The Morgan fingerprint density at radius 1 is 0.400 bits per heavy atom.